The number of hydrogen-bond donors (Lipinski definition) is 3. The Bertz CT molecular complexity index is 1500. The number of Topliss-reactive ketones (excluding diaryl/α,β-unsaturated/α-hetero) is 1. The summed E-state index contributed by atoms with van der Waals surface area (Å²) >= 11 is 0. The highest BCUT2D eigenvalue weighted by atomic mass is 16.3. The molecular formula is C28H30N6O4. The van der Waals surface area contributed by atoms with Crippen molar-refractivity contribution in [1.29, 1.82) is 0 Å². The maximum atomic E-state index is 13.0. The first-order valence-electron chi connectivity index (χ1n) is 12.5. The van der Waals surface area contributed by atoms with E-state index in [1.807, 2.05) is 42.5 Å². The van der Waals surface area contributed by atoms with Crippen molar-refractivity contribution in [3.8, 4) is 22.4 Å². The lowest BCUT2D eigenvalue weighted by atomic mass is 9.91. The molecule has 196 valence electrons. The standard InChI is InChI=1S/C28H30N6O4/c1-17(37)23-24(20-10-11-33(14-20)27(38)28(2,15-35)16-36)32-26-21(13-31-34(26)25(23)29)19-8-9-22(30-12-19)18-6-4-3-5-7-18/h3-9,12-13,20,35-36H,10-11,14-16,29H2,1-2H3. The lowest BCUT2D eigenvalue weighted by Crippen LogP contribution is -2.45. The largest absolute Gasteiger partial charge is 0.395 e. The fourth-order valence-corrected chi connectivity index (χ4v) is 4.96. The van der Waals surface area contributed by atoms with Gasteiger partial charge in [0.2, 0.25) is 5.91 Å². The molecular weight excluding hydrogens is 484 g/mol. The number of ketones is 1. The van der Waals surface area contributed by atoms with Crippen LogP contribution in [0.4, 0.5) is 5.82 Å². The summed E-state index contributed by atoms with van der Waals surface area (Å²) in [6, 6.07) is 13.7. The zero-order valence-corrected chi connectivity index (χ0v) is 21.3. The highest BCUT2D eigenvalue weighted by Gasteiger charge is 2.40. The molecule has 0 radical (unpaired) electrons. The molecule has 1 aromatic carbocycles. The van der Waals surface area contributed by atoms with Crippen molar-refractivity contribution in [3.05, 3.63) is 66.1 Å². The molecule has 1 aliphatic rings. The van der Waals surface area contributed by atoms with E-state index in [0.717, 1.165) is 22.4 Å². The summed E-state index contributed by atoms with van der Waals surface area (Å²) in [5.41, 5.74) is 9.87. The van der Waals surface area contributed by atoms with Crippen molar-refractivity contribution < 1.29 is 19.8 Å². The third kappa shape index (κ3) is 4.31. The summed E-state index contributed by atoms with van der Waals surface area (Å²) in [4.78, 5) is 36.8. The highest BCUT2D eigenvalue weighted by Crippen LogP contribution is 2.35. The van der Waals surface area contributed by atoms with Crippen molar-refractivity contribution in [3.63, 3.8) is 0 Å². The predicted molar refractivity (Wildman–Crippen MR) is 142 cm³/mol. The number of amides is 1. The minimum atomic E-state index is -1.27. The fourth-order valence-electron chi connectivity index (χ4n) is 4.96. The number of pyridine rings is 1. The van der Waals surface area contributed by atoms with Crippen LogP contribution in [0.5, 0.6) is 0 Å². The Morgan fingerprint density at radius 3 is 2.45 bits per heavy atom. The summed E-state index contributed by atoms with van der Waals surface area (Å²) in [5, 5.41) is 23.8. The number of carbonyl (C=O) groups excluding carboxylic acids is 2. The SMILES string of the molecule is CC(=O)c1c(C2CCN(C(=O)C(C)(CO)CO)C2)nc2c(-c3ccc(-c4ccccc4)nc3)cnn2c1N. The summed E-state index contributed by atoms with van der Waals surface area (Å²) in [5.74, 6) is -0.623. The Hall–Kier alpha value is -4.15. The lowest BCUT2D eigenvalue weighted by Gasteiger charge is -2.29. The molecule has 38 heavy (non-hydrogen) atoms. The number of aliphatic hydroxyl groups is 2. The summed E-state index contributed by atoms with van der Waals surface area (Å²) < 4.78 is 1.47. The Morgan fingerprint density at radius 2 is 1.82 bits per heavy atom. The molecule has 10 nitrogen and oxygen atoms in total. The maximum Gasteiger partial charge on any atom is 0.233 e. The molecule has 0 bridgehead atoms. The van der Waals surface area contributed by atoms with Crippen LogP contribution >= 0.6 is 0 Å². The maximum absolute atomic E-state index is 13.0. The monoisotopic (exact) mass is 514 g/mol. The van der Waals surface area contributed by atoms with Crippen molar-refractivity contribution in [2.75, 3.05) is 32.0 Å². The van der Waals surface area contributed by atoms with Crippen LogP contribution in [-0.4, -0.2) is 72.7 Å². The molecule has 4 aromatic rings. The van der Waals surface area contributed by atoms with Gasteiger partial charge in [0.05, 0.1) is 41.8 Å². The van der Waals surface area contributed by atoms with Crippen LogP contribution in [0, 0.1) is 5.41 Å². The second-order valence-corrected chi connectivity index (χ2v) is 10.0. The molecule has 1 amide bonds. The average Bonchev–Trinajstić information content (AvgIpc) is 3.60. The summed E-state index contributed by atoms with van der Waals surface area (Å²) in [6.07, 6.45) is 3.98. The Balaban J connectivity index is 1.53. The van der Waals surface area contributed by atoms with E-state index >= 15 is 0 Å². The van der Waals surface area contributed by atoms with Crippen LogP contribution in [0.3, 0.4) is 0 Å². The van der Waals surface area contributed by atoms with Gasteiger partial charge in [-0.2, -0.15) is 9.61 Å². The highest BCUT2D eigenvalue weighted by molar-refractivity contribution is 6.00. The van der Waals surface area contributed by atoms with Crippen LogP contribution in [0.25, 0.3) is 28.0 Å². The molecule has 10 heteroatoms. The van der Waals surface area contributed by atoms with Gasteiger partial charge in [-0.3, -0.25) is 14.6 Å². The number of benzene rings is 1. The van der Waals surface area contributed by atoms with Gasteiger partial charge in [0, 0.05) is 41.9 Å². The van der Waals surface area contributed by atoms with Gasteiger partial charge in [0.25, 0.3) is 0 Å². The van der Waals surface area contributed by atoms with E-state index in [2.05, 4.69) is 10.1 Å². The van der Waals surface area contributed by atoms with E-state index in [1.54, 1.807) is 17.3 Å². The van der Waals surface area contributed by atoms with E-state index in [1.165, 1.54) is 18.4 Å². The molecule has 1 atom stereocenters. The van der Waals surface area contributed by atoms with Crippen molar-refractivity contribution in [2.24, 2.45) is 5.41 Å². The number of fused-ring (bicyclic) bond motifs is 1. The van der Waals surface area contributed by atoms with Gasteiger partial charge in [0.15, 0.2) is 11.4 Å². The molecule has 0 aliphatic carbocycles. The lowest BCUT2D eigenvalue weighted by molar-refractivity contribution is -0.145. The van der Waals surface area contributed by atoms with Crippen LogP contribution in [0.15, 0.2) is 54.9 Å². The molecule has 1 aliphatic heterocycles. The fraction of sp³-hybridized carbons (Fsp3) is 0.321. The van der Waals surface area contributed by atoms with E-state index in [9.17, 15) is 19.8 Å². The van der Waals surface area contributed by atoms with Crippen LogP contribution in [0.2, 0.25) is 0 Å². The second kappa shape index (κ2) is 9.96. The minimum Gasteiger partial charge on any atom is -0.395 e. The number of likely N-dealkylation sites (tertiary alicyclic amines) is 1. The average molecular weight is 515 g/mol. The molecule has 5 rings (SSSR count). The summed E-state index contributed by atoms with van der Waals surface area (Å²) in [7, 11) is 0. The van der Waals surface area contributed by atoms with E-state index in [4.69, 9.17) is 10.7 Å². The smallest absolute Gasteiger partial charge is 0.233 e. The van der Waals surface area contributed by atoms with Gasteiger partial charge >= 0.3 is 0 Å². The number of anilines is 1. The first-order chi connectivity index (χ1) is 18.3. The zero-order valence-electron chi connectivity index (χ0n) is 21.3. The predicted octanol–water partition coefficient (Wildman–Crippen LogP) is 2.55. The first-order valence-corrected chi connectivity index (χ1v) is 12.5. The molecule has 3 aromatic heterocycles. The van der Waals surface area contributed by atoms with E-state index in [-0.39, 0.29) is 29.0 Å². The van der Waals surface area contributed by atoms with Crippen LogP contribution in [0.1, 0.15) is 42.2 Å². The van der Waals surface area contributed by atoms with Crippen molar-refractivity contribution in [1.82, 2.24) is 24.5 Å². The van der Waals surface area contributed by atoms with Crippen LogP contribution < -0.4 is 5.73 Å². The topological polar surface area (TPSA) is 147 Å². The number of hydrogen-bond acceptors (Lipinski definition) is 8. The molecule has 1 unspecified atom stereocenters. The first kappa shape index (κ1) is 25.5. The normalized spacial score (nSPS) is 15.8. The van der Waals surface area contributed by atoms with Gasteiger partial charge in [-0.25, -0.2) is 4.98 Å². The zero-order chi connectivity index (χ0) is 27.0. The van der Waals surface area contributed by atoms with Gasteiger partial charge in [-0.15, -0.1) is 0 Å². The number of nitrogens with two attached hydrogens (primary N) is 1. The number of nitrogen functional groups attached to an aromatic ring is 1. The van der Waals surface area contributed by atoms with Crippen molar-refractivity contribution >= 4 is 23.2 Å². The Kier molecular flexibility index (Phi) is 6.68. The number of carbonyl (C=O) groups is 2. The number of rotatable bonds is 7. The summed E-state index contributed by atoms with van der Waals surface area (Å²) in [6.45, 7) is 2.76. The molecule has 0 spiro atoms. The van der Waals surface area contributed by atoms with Gasteiger partial charge < -0.3 is 20.8 Å². The van der Waals surface area contributed by atoms with Gasteiger partial charge in [-0.05, 0) is 26.3 Å². The van der Waals surface area contributed by atoms with E-state index in [0.29, 0.717) is 30.9 Å². The number of nitrogens with zero attached hydrogens (tertiary/aromatic N) is 5. The van der Waals surface area contributed by atoms with Crippen LogP contribution in [-0.2, 0) is 4.79 Å². The second-order valence-electron chi connectivity index (χ2n) is 10.0. The molecule has 4 N–H and O–H groups in total. The molecule has 1 fully saturated rings. The molecule has 0 saturated carbocycles. The van der Waals surface area contributed by atoms with Gasteiger partial charge in [-0.1, -0.05) is 36.4 Å². The third-order valence-corrected chi connectivity index (χ3v) is 7.28. The Labute approximate surface area is 219 Å². The van der Waals surface area contributed by atoms with E-state index < -0.39 is 18.6 Å². The third-order valence-electron chi connectivity index (χ3n) is 7.28. The number of aromatic nitrogens is 4. The van der Waals surface area contributed by atoms with Gasteiger partial charge in [0.1, 0.15) is 5.82 Å². The van der Waals surface area contributed by atoms with Crippen molar-refractivity contribution in [2.45, 2.75) is 26.2 Å². The minimum absolute atomic E-state index is 0.193. The molecule has 1 saturated heterocycles. The number of aliphatic hydroxyl groups excluding tert-OH is 2. The molecule has 4 heterocycles. The Morgan fingerprint density at radius 1 is 1.08 bits per heavy atom. The quantitative estimate of drug-likeness (QED) is 0.319.